The molecule has 2 heteroatoms. The van der Waals surface area contributed by atoms with Crippen molar-refractivity contribution >= 4 is 29.7 Å². The second kappa shape index (κ2) is 4.66. The average Bonchev–Trinajstić information content (AvgIpc) is 2.76. The zero-order valence-corrected chi connectivity index (χ0v) is 13.0. The molecule has 1 aliphatic carbocycles. The molecule has 2 unspecified atom stereocenters. The maximum Gasteiger partial charge on any atom is 0.195 e. The van der Waals surface area contributed by atoms with Crippen molar-refractivity contribution in [3.63, 3.8) is 0 Å². The molecule has 0 radical (unpaired) electrons. The van der Waals surface area contributed by atoms with Crippen LogP contribution in [0.15, 0.2) is 60.2 Å². The van der Waals surface area contributed by atoms with Crippen LogP contribution in [-0.2, 0) is 0 Å². The lowest BCUT2D eigenvalue weighted by molar-refractivity contribution is 1.10. The van der Waals surface area contributed by atoms with Crippen LogP contribution in [0.3, 0.4) is 0 Å². The Morgan fingerprint density at radius 1 is 0.947 bits per heavy atom. The van der Waals surface area contributed by atoms with Crippen molar-refractivity contribution < 1.29 is 0 Å². The van der Waals surface area contributed by atoms with E-state index in [0.717, 1.165) is 0 Å². The summed E-state index contributed by atoms with van der Waals surface area (Å²) in [4.78, 5) is 0. The SMILES string of the molecule is CC1=Cc2ccccc2C1[Si](C)(Cl)c1ccccc1. The van der Waals surface area contributed by atoms with Crippen LogP contribution in [0.2, 0.25) is 6.55 Å². The third-order valence-electron chi connectivity index (χ3n) is 4.03. The van der Waals surface area contributed by atoms with Gasteiger partial charge in [0.1, 0.15) is 0 Å². The van der Waals surface area contributed by atoms with Gasteiger partial charge < -0.3 is 0 Å². The highest BCUT2D eigenvalue weighted by Crippen LogP contribution is 2.43. The number of halogens is 1. The van der Waals surface area contributed by atoms with Gasteiger partial charge in [0.2, 0.25) is 0 Å². The largest absolute Gasteiger partial charge is 0.195 e. The fraction of sp³-hybridized carbons (Fsp3) is 0.176. The minimum absolute atomic E-state index is 0.382. The van der Waals surface area contributed by atoms with Gasteiger partial charge in [0.15, 0.2) is 7.38 Å². The molecule has 0 amide bonds. The molecule has 0 fully saturated rings. The van der Waals surface area contributed by atoms with Crippen LogP contribution in [0.1, 0.15) is 23.6 Å². The third kappa shape index (κ3) is 2.07. The first-order chi connectivity index (χ1) is 9.10. The Hall–Kier alpha value is -1.31. The van der Waals surface area contributed by atoms with Gasteiger partial charge in [-0.3, -0.25) is 0 Å². The lowest BCUT2D eigenvalue weighted by Crippen LogP contribution is -2.45. The van der Waals surface area contributed by atoms with E-state index in [1.54, 1.807) is 0 Å². The zero-order chi connectivity index (χ0) is 13.5. The van der Waals surface area contributed by atoms with Crippen molar-refractivity contribution in [3.8, 4) is 0 Å². The van der Waals surface area contributed by atoms with Crippen molar-refractivity contribution in [2.24, 2.45) is 0 Å². The fourth-order valence-electron chi connectivity index (χ4n) is 3.13. The van der Waals surface area contributed by atoms with E-state index in [0.29, 0.717) is 5.54 Å². The maximum absolute atomic E-state index is 7.09. The standard InChI is InChI=1S/C17H17ClSi/c1-13-12-14-8-6-7-11-16(14)17(13)19(2,18)15-9-4-3-5-10-15/h3-12,17H,1-2H3. The van der Waals surface area contributed by atoms with Crippen LogP contribution < -0.4 is 5.19 Å². The van der Waals surface area contributed by atoms with Gasteiger partial charge in [-0.2, -0.15) is 11.1 Å². The molecule has 0 aromatic heterocycles. The minimum atomic E-state index is -2.06. The molecular weight excluding hydrogens is 268 g/mol. The number of rotatable bonds is 2. The molecule has 0 bridgehead atoms. The van der Waals surface area contributed by atoms with E-state index in [4.69, 9.17) is 11.1 Å². The molecule has 19 heavy (non-hydrogen) atoms. The first-order valence-electron chi connectivity index (χ1n) is 6.62. The highest BCUT2D eigenvalue weighted by atomic mass is 35.6. The minimum Gasteiger partial charge on any atom is -0.160 e. The predicted molar refractivity (Wildman–Crippen MR) is 86.4 cm³/mol. The monoisotopic (exact) mass is 284 g/mol. The van der Waals surface area contributed by atoms with E-state index in [-0.39, 0.29) is 0 Å². The van der Waals surface area contributed by atoms with Crippen LogP contribution in [0, 0.1) is 0 Å². The Kier molecular flexibility index (Phi) is 3.12. The highest BCUT2D eigenvalue weighted by Gasteiger charge is 2.41. The van der Waals surface area contributed by atoms with Crippen LogP contribution in [0.25, 0.3) is 6.08 Å². The lowest BCUT2D eigenvalue weighted by Gasteiger charge is -2.29. The molecule has 0 saturated carbocycles. The average molecular weight is 285 g/mol. The van der Waals surface area contributed by atoms with Crippen LogP contribution >= 0.6 is 11.1 Å². The Labute approximate surface area is 120 Å². The van der Waals surface area contributed by atoms with E-state index >= 15 is 0 Å². The van der Waals surface area contributed by atoms with E-state index in [2.05, 4.69) is 74.1 Å². The van der Waals surface area contributed by atoms with Gasteiger partial charge in [-0.25, -0.2) is 0 Å². The number of benzene rings is 2. The van der Waals surface area contributed by atoms with E-state index in [1.807, 2.05) is 0 Å². The third-order valence-corrected chi connectivity index (χ3v) is 8.65. The van der Waals surface area contributed by atoms with Gasteiger partial charge in [0.05, 0.1) is 0 Å². The quantitative estimate of drug-likeness (QED) is 0.565. The van der Waals surface area contributed by atoms with Crippen molar-refractivity contribution in [1.82, 2.24) is 0 Å². The summed E-state index contributed by atoms with van der Waals surface area (Å²) in [5, 5.41) is 1.31. The van der Waals surface area contributed by atoms with Crippen LogP contribution in [-0.4, -0.2) is 7.38 Å². The molecule has 0 nitrogen and oxygen atoms in total. The molecule has 3 rings (SSSR count). The number of allylic oxidation sites excluding steroid dienone is 1. The molecule has 2 aromatic rings. The van der Waals surface area contributed by atoms with Crippen molar-refractivity contribution in [3.05, 3.63) is 71.3 Å². The van der Waals surface area contributed by atoms with Gasteiger partial charge in [-0.1, -0.05) is 72.8 Å². The van der Waals surface area contributed by atoms with Gasteiger partial charge in [0.25, 0.3) is 0 Å². The molecule has 96 valence electrons. The Bertz CT molecular complexity index is 629. The Balaban J connectivity index is 2.10. The zero-order valence-electron chi connectivity index (χ0n) is 11.2. The fourth-order valence-corrected chi connectivity index (χ4v) is 7.34. The molecule has 0 saturated heterocycles. The second-order valence-corrected chi connectivity index (χ2v) is 11.1. The summed E-state index contributed by atoms with van der Waals surface area (Å²) in [6, 6.07) is 19.2. The number of hydrogen-bond acceptors (Lipinski definition) is 0. The highest BCUT2D eigenvalue weighted by molar-refractivity contribution is 7.27. The van der Waals surface area contributed by atoms with E-state index < -0.39 is 7.38 Å². The molecule has 0 spiro atoms. The molecule has 2 atom stereocenters. The second-order valence-electron chi connectivity index (χ2n) is 5.39. The molecule has 0 aliphatic heterocycles. The first-order valence-corrected chi connectivity index (χ1v) is 10.2. The van der Waals surface area contributed by atoms with Crippen molar-refractivity contribution in [2.45, 2.75) is 19.0 Å². The summed E-state index contributed by atoms with van der Waals surface area (Å²) in [6.45, 7) is 4.47. The Morgan fingerprint density at radius 2 is 1.58 bits per heavy atom. The number of fused-ring (bicyclic) bond motifs is 1. The predicted octanol–water partition coefficient (Wildman–Crippen LogP) is 4.45. The summed E-state index contributed by atoms with van der Waals surface area (Å²) in [7, 11) is -2.06. The molecule has 1 aliphatic rings. The summed E-state index contributed by atoms with van der Waals surface area (Å²) in [5.74, 6) is 0. The summed E-state index contributed by atoms with van der Waals surface area (Å²) >= 11 is 7.09. The summed E-state index contributed by atoms with van der Waals surface area (Å²) < 4.78 is 0. The van der Waals surface area contributed by atoms with Crippen molar-refractivity contribution in [1.29, 1.82) is 0 Å². The van der Waals surface area contributed by atoms with Gasteiger partial charge in [-0.15, -0.1) is 0 Å². The lowest BCUT2D eigenvalue weighted by atomic mass is 10.1. The molecule has 0 N–H and O–H groups in total. The molecule has 2 aromatic carbocycles. The van der Waals surface area contributed by atoms with Crippen molar-refractivity contribution in [2.75, 3.05) is 0 Å². The van der Waals surface area contributed by atoms with Crippen LogP contribution in [0.4, 0.5) is 0 Å². The number of hydrogen-bond donors (Lipinski definition) is 0. The molecular formula is C17H17ClSi. The van der Waals surface area contributed by atoms with Gasteiger partial charge in [0, 0.05) is 5.54 Å². The summed E-state index contributed by atoms with van der Waals surface area (Å²) in [5.41, 5.74) is 4.51. The van der Waals surface area contributed by atoms with Gasteiger partial charge in [-0.05, 0) is 23.2 Å². The molecule has 0 heterocycles. The normalized spacial score (nSPS) is 20.6. The first kappa shape index (κ1) is 12.7. The Morgan fingerprint density at radius 3 is 2.32 bits per heavy atom. The van der Waals surface area contributed by atoms with E-state index in [1.165, 1.54) is 21.9 Å². The van der Waals surface area contributed by atoms with Gasteiger partial charge >= 0.3 is 0 Å². The summed E-state index contributed by atoms with van der Waals surface area (Å²) in [6.07, 6.45) is 2.29. The smallest absolute Gasteiger partial charge is 0.160 e. The maximum atomic E-state index is 7.09. The topological polar surface area (TPSA) is 0 Å². The van der Waals surface area contributed by atoms with E-state index in [9.17, 15) is 0 Å². The van der Waals surface area contributed by atoms with Crippen LogP contribution in [0.5, 0.6) is 0 Å².